The van der Waals surface area contributed by atoms with Crippen LogP contribution in [-0.4, -0.2) is 89.0 Å². The average Bonchev–Trinajstić information content (AvgIpc) is 3.15. The fourth-order valence-corrected chi connectivity index (χ4v) is 4.66. The molecule has 3 aliphatic rings. The highest BCUT2D eigenvalue weighted by Gasteiger charge is 2.34. The number of carbonyl (C=O) groups is 2. The Bertz CT molecular complexity index is 560. The van der Waals surface area contributed by atoms with Crippen molar-refractivity contribution in [3.8, 4) is 6.07 Å². The first-order chi connectivity index (χ1) is 12.6. The van der Waals surface area contributed by atoms with Crippen LogP contribution in [0.25, 0.3) is 0 Å². The molecule has 1 saturated carbocycles. The number of piperidine rings is 1. The second kappa shape index (κ2) is 9.15. The summed E-state index contributed by atoms with van der Waals surface area (Å²) >= 11 is 1.61. The van der Waals surface area contributed by atoms with Crippen molar-refractivity contribution in [3.63, 3.8) is 0 Å². The summed E-state index contributed by atoms with van der Waals surface area (Å²) < 4.78 is 0. The molecule has 3 N–H and O–H groups in total. The van der Waals surface area contributed by atoms with Crippen LogP contribution in [0.2, 0.25) is 0 Å². The molecule has 3 rings (SSSR count). The van der Waals surface area contributed by atoms with E-state index >= 15 is 0 Å². The quantitative estimate of drug-likeness (QED) is 0.326. The van der Waals surface area contributed by atoms with E-state index in [1.54, 1.807) is 21.7 Å². The van der Waals surface area contributed by atoms with Crippen molar-refractivity contribution in [3.05, 3.63) is 0 Å². The number of Topliss-reactive ketones (excluding diaryl/α,β-unsaturated/α-hetero) is 1. The number of ketones is 1. The van der Waals surface area contributed by atoms with Gasteiger partial charge in [0.05, 0.1) is 24.5 Å². The summed E-state index contributed by atoms with van der Waals surface area (Å²) in [7, 11) is 0. The summed E-state index contributed by atoms with van der Waals surface area (Å²) in [5, 5.41) is 14.0. The lowest BCUT2D eigenvalue weighted by atomic mass is 10.0. The van der Waals surface area contributed by atoms with Crippen LogP contribution in [0.4, 0.5) is 0 Å². The molecule has 0 aromatic carbocycles. The van der Waals surface area contributed by atoms with Crippen LogP contribution in [0.15, 0.2) is 0 Å². The number of hydrazine groups is 1. The Labute approximate surface area is 159 Å². The average molecular weight is 381 g/mol. The zero-order valence-electron chi connectivity index (χ0n) is 15.1. The Balaban J connectivity index is 1.31. The third kappa shape index (κ3) is 5.18. The van der Waals surface area contributed by atoms with Gasteiger partial charge in [-0.05, 0) is 45.4 Å². The number of rotatable bonds is 8. The van der Waals surface area contributed by atoms with Gasteiger partial charge in [-0.1, -0.05) is 0 Å². The van der Waals surface area contributed by atoms with Crippen molar-refractivity contribution in [2.75, 3.05) is 44.4 Å². The molecule has 2 aliphatic heterocycles. The summed E-state index contributed by atoms with van der Waals surface area (Å²) in [6, 6.07) is 2.21. The maximum absolute atomic E-state index is 12.4. The first-order valence-corrected chi connectivity index (χ1v) is 10.5. The molecule has 2 atom stereocenters. The highest BCUT2D eigenvalue weighted by molar-refractivity contribution is 7.99. The van der Waals surface area contributed by atoms with E-state index < -0.39 is 0 Å². The highest BCUT2D eigenvalue weighted by atomic mass is 32.2. The van der Waals surface area contributed by atoms with Gasteiger partial charge >= 0.3 is 0 Å². The van der Waals surface area contributed by atoms with Crippen molar-refractivity contribution in [1.82, 2.24) is 20.1 Å². The minimum atomic E-state index is -0.317. The standard InChI is InChI=1S/C17H28N6O2S/c18-9-14-11-26-12-22(14)17(25)10-23(19)13-2-6-21(7-3-13)5-1-4-20-15-8-16(15)24/h13-15,20H,1-8,10-12,19H2/t14-,15?/m1/s1. The van der Waals surface area contributed by atoms with E-state index in [0.717, 1.165) is 45.4 Å². The van der Waals surface area contributed by atoms with E-state index in [0.29, 0.717) is 23.8 Å². The van der Waals surface area contributed by atoms with Crippen molar-refractivity contribution >= 4 is 23.5 Å². The minimum Gasteiger partial charge on any atom is -0.315 e. The monoisotopic (exact) mass is 380 g/mol. The molecule has 2 heterocycles. The molecule has 1 amide bonds. The molecular weight excluding hydrogens is 352 g/mol. The van der Waals surface area contributed by atoms with Gasteiger partial charge in [-0.15, -0.1) is 11.8 Å². The van der Waals surface area contributed by atoms with Gasteiger partial charge in [0.15, 0.2) is 5.78 Å². The Kier molecular flexibility index (Phi) is 6.89. The molecule has 26 heavy (non-hydrogen) atoms. The Morgan fingerprint density at radius 2 is 2.15 bits per heavy atom. The van der Waals surface area contributed by atoms with Crippen LogP contribution in [-0.2, 0) is 9.59 Å². The van der Waals surface area contributed by atoms with E-state index in [4.69, 9.17) is 11.1 Å². The third-order valence-electron chi connectivity index (χ3n) is 5.37. The summed E-state index contributed by atoms with van der Waals surface area (Å²) in [6.07, 6.45) is 3.65. The highest BCUT2D eigenvalue weighted by Crippen LogP contribution is 2.21. The largest absolute Gasteiger partial charge is 0.315 e. The number of nitrogens with one attached hydrogen (secondary N) is 1. The predicted molar refractivity (Wildman–Crippen MR) is 100.0 cm³/mol. The smallest absolute Gasteiger partial charge is 0.239 e. The molecule has 0 bridgehead atoms. The SMILES string of the molecule is N#C[C@@H]1CSCN1C(=O)CN(N)C1CCN(CCCNC2CC2=O)CC1. The van der Waals surface area contributed by atoms with Crippen molar-refractivity contribution < 1.29 is 9.59 Å². The van der Waals surface area contributed by atoms with Gasteiger partial charge in [-0.2, -0.15) is 5.26 Å². The van der Waals surface area contributed by atoms with Crippen molar-refractivity contribution in [2.24, 2.45) is 5.84 Å². The molecule has 0 spiro atoms. The van der Waals surface area contributed by atoms with Crippen LogP contribution >= 0.6 is 11.8 Å². The number of hydrogen-bond donors (Lipinski definition) is 2. The van der Waals surface area contributed by atoms with Crippen LogP contribution in [0.1, 0.15) is 25.7 Å². The van der Waals surface area contributed by atoms with Gasteiger partial charge in [-0.3, -0.25) is 15.4 Å². The van der Waals surface area contributed by atoms with Gasteiger partial charge in [0.25, 0.3) is 0 Å². The summed E-state index contributed by atoms with van der Waals surface area (Å²) in [6.45, 7) is 4.06. The van der Waals surface area contributed by atoms with E-state index in [9.17, 15) is 9.59 Å². The lowest BCUT2D eigenvalue weighted by Gasteiger charge is -2.36. The molecule has 0 aromatic heterocycles. The number of hydrogen-bond acceptors (Lipinski definition) is 8. The maximum atomic E-state index is 12.4. The molecule has 0 aromatic rings. The summed E-state index contributed by atoms with van der Waals surface area (Å²) in [5.74, 6) is 7.72. The first-order valence-electron chi connectivity index (χ1n) is 9.35. The summed E-state index contributed by atoms with van der Waals surface area (Å²) in [5.41, 5.74) is 0. The zero-order chi connectivity index (χ0) is 18.5. The number of amides is 1. The zero-order valence-corrected chi connectivity index (χ0v) is 15.9. The van der Waals surface area contributed by atoms with Crippen molar-refractivity contribution in [1.29, 1.82) is 5.26 Å². The van der Waals surface area contributed by atoms with E-state index in [2.05, 4.69) is 16.3 Å². The molecule has 2 saturated heterocycles. The normalized spacial score (nSPS) is 27.1. The van der Waals surface area contributed by atoms with E-state index in [1.807, 2.05) is 0 Å². The lowest BCUT2D eigenvalue weighted by Crippen LogP contribution is -2.52. The molecule has 8 nitrogen and oxygen atoms in total. The predicted octanol–water partition coefficient (Wildman–Crippen LogP) is -0.627. The summed E-state index contributed by atoms with van der Waals surface area (Å²) in [4.78, 5) is 27.4. The van der Waals surface area contributed by atoms with Crippen LogP contribution < -0.4 is 11.2 Å². The first kappa shape index (κ1) is 19.6. The number of likely N-dealkylation sites (tertiary alicyclic amines) is 1. The second-order valence-electron chi connectivity index (χ2n) is 7.28. The van der Waals surface area contributed by atoms with E-state index in [1.165, 1.54) is 0 Å². The third-order valence-corrected chi connectivity index (χ3v) is 6.38. The van der Waals surface area contributed by atoms with Crippen LogP contribution in [0, 0.1) is 11.3 Å². The topological polar surface area (TPSA) is 106 Å². The fourth-order valence-electron chi connectivity index (χ4n) is 3.55. The molecule has 9 heteroatoms. The minimum absolute atomic E-state index is 0.0489. The molecular formula is C17H28N6O2S. The van der Waals surface area contributed by atoms with Crippen LogP contribution in [0.5, 0.6) is 0 Å². The van der Waals surface area contributed by atoms with Crippen LogP contribution in [0.3, 0.4) is 0 Å². The number of nitrogens with zero attached hydrogens (tertiary/aromatic N) is 4. The number of carbonyl (C=O) groups excluding carboxylic acids is 2. The Hall–Kier alpha value is -1.18. The molecule has 3 fully saturated rings. The number of nitrogens with two attached hydrogens (primary N) is 1. The fraction of sp³-hybridized carbons (Fsp3) is 0.824. The Morgan fingerprint density at radius 3 is 2.81 bits per heavy atom. The second-order valence-corrected chi connectivity index (χ2v) is 8.28. The molecule has 0 radical (unpaired) electrons. The number of thioether (sulfide) groups is 1. The molecule has 144 valence electrons. The van der Waals surface area contributed by atoms with Gasteiger partial charge in [0.2, 0.25) is 5.91 Å². The van der Waals surface area contributed by atoms with Gasteiger partial charge in [0, 0.05) is 18.2 Å². The van der Waals surface area contributed by atoms with Gasteiger partial charge in [0.1, 0.15) is 6.04 Å². The lowest BCUT2D eigenvalue weighted by molar-refractivity contribution is -0.133. The number of nitriles is 1. The molecule has 1 aliphatic carbocycles. The van der Waals surface area contributed by atoms with Gasteiger partial charge in [-0.25, -0.2) is 5.01 Å². The van der Waals surface area contributed by atoms with Crippen molar-refractivity contribution in [2.45, 2.75) is 43.8 Å². The molecule has 1 unspecified atom stereocenters. The Morgan fingerprint density at radius 1 is 1.42 bits per heavy atom. The maximum Gasteiger partial charge on any atom is 0.239 e. The van der Waals surface area contributed by atoms with Gasteiger partial charge < -0.3 is 15.1 Å². The van der Waals surface area contributed by atoms with E-state index in [-0.39, 0.29) is 30.6 Å².